The normalized spacial score (nSPS) is 12.3. The minimum Gasteiger partial charge on any atom is -0.242 e. The fraction of sp³-hybridized carbons (Fsp3) is 0. The van der Waals surface area contributed by atoms with Gasteiger partial charge in [0.25, 0.3) is 0 Å². The second-order valence-electron chi connectivity index (χ2n) is 9.20. The molecule has 45 heavy (non-hydrogen) atoms. The van der Waals surface area contributed by atoms with Gasteiger partial charge in [-0.1, -0.05) is 0 Å². The van der Waals surface area contributed by atoms with Crippen molar-refractivity contribution >= 4 is 33.4 Å². The number of fused-ring (bicyclic) bond motifs is 2. The quantitative estimate of drug-likeness (QED) is 0.336. The zero-order valence-electron chi connectivity index (χ0n) is 22.1. The Kier molecular flexibility index (Phi) is 6.98. The van der Waals surface area contributed by atoms with E-state index < -0.39 is 39.7 Å². The molecule has 0 fully saturated rings. The number of pyridine rings is 1. The monoisotopic (exact) mass is 585 g/mol. The highest BCUT2D eigenvalue weighted by molar-refractivity contribution is 6.29. The van der Waals surface area contributed by atoms with Crippen molar-refractivity contribution in [2.24, 2.45) is 0 Å². The maximum absolute atomic E-state index is 15.4. The molecular weight excluding hydrogens is 579 g/mol. The summed E-state index contributed by atoms with van der Waals surface area (Å²) >= 11 is 0. The topological polar surface area (TPSA) is 203 Å². The highest BCUT2D eigenvalue weighted by Gasteiger charge is 2.38. The summed E-state index contributed by atoms with van der Waals surface area (Å²) in [7, 11) is 0. The van der Waals surface area contributed by atoms with Crippen molar-refractivity contribution in [3.63, 3.8) is 0 Å². The molecule has 2 aliphatic rings. The average molecular weight is 585 g/mol. The third-order valence-electron chi connectivity index (χ3n) is 7.09. The molecule has 0 bridgehead atoms. The van der Waals surface area contributed by atoms with Crippen LogP contribution in [0.15, 0.2) is 47.7 Å². The molecule has 2 aliphatic carbocycles. The van der Waals surface area contributed by atoms with E-state index in [1.165, 1.54) is 18.2 Å². The summed E-state index contributed by atoms with van der Waals surface area (Å²) in [4.78, 5) is 3.65. The molecule has 0 saturated heterocycles. The first-order chi connectivity index (χ1) is 21.7. The van der Waals surface area contributed by atoms with Gasteiger partial charge in [-0.05, 0) is 41.5 Å². The molecule has 1 aromatic heterocycles. The molecular formula is C33H6F3N9. The van der Waals surface area contributed by atoms with Crippen LogP contribution in [0.2, 0.25) is 0 Å². The average Bonchev–Trinajstić information content (AvgIpc) is 3.54. The van der Waals surface area contributed by atoms with Crippen LogP contribution in [0, 0.1) is 108 Å². The number of nitriles is 8. The first-order valence-electron chi connectivity index (χ1n) is 12.3. The number of hydrogen-bond donors (Lipinski definition) is 0. The van der Waals surface area contributed by atoms with Gasteiger partial charge in [0, 0.05) is 44.5 Å². The van der Waals surface area contributed by atoms with Gasteiger partial charge < -0.3 is 0 Å². The molecule has 2 aromatic carbocycles. The lowest BCUT2D eigenvalue weighted by molar-refractivity contribution is 0.594. The Bertz CT molecular complexity index is 2410. The summed E-state index contributed by atoms with van der Waals surface area (Å²) < 4.78 is 45.3. The molecule has 3 aromatic rings. The molecule has 12 heteroatoms. The largest absolute Gasteiger partial charge is 0.242 e. The van der Waals surface area contributed by atoms with E-state index in [1.807, 2.05) is 12.1 Å². The minimum atomic E-state index is -1.14. The zero-order valence-corrected chi connectivity index (χ0v) is 22.1. The summed E-state index contributed by atoms with van der Waals surface area (Å²) in [5, 5.41) is 78.3. The Hall–Kier alpha value is -7.74. The summed E-state index contributed by atoms with van der Waals surface area (Å²) in [6, 6.07) is 18.6. The van der Waals surface area contributed by atoms with Crippen LogP contribution in [0.25, 0.3) is 33.4 Å². The Labute approximate surface area is 251 Å². The van der Waals surface area contributed by atoms with E-state index in [9.17, 15) is 41.2 Å². The van der Waals surface area contributed by atoms with E-state index >= 15 is 8.78 Å². The molecule has 0 aliphatic heterocycles. The van der Waals surface area contributed by atoms with Gasteiger partial charge in [-0.15, -0.1) is 0 Å². The molecule has 0 atom stereocenters. The first kappa shape index (κ1) is 28.8. The molecule has 0 unspecified atom stereocenters. The third-order valence-corrected chi connectivity index (χ3v) is 7.09. The van der Waals surface area contributed by atoms with Crippen molar-refractivity contribution < 1.29 is 13.2 Å². The number of nitrogens with zero attached hydrogens (tertiary/aromatic N) is 9. The van der Waals surface area contributed by atoms with Crippen LogP contribution in [0.4, 0.5) is 13.2 Å². The number of halogens is 3. The van der Waals surface area contributed by atoms with Gasteiger partial charge in [0.15, 0.2) is 0 Å². The van der Waals surface area contributed by atoms with Crippen molar-refractivity contribution in [2.45, 2.75) is 0 Å². The molecule has 9 nitrogen and oxygen atoms in total. The Morgan fingerprint density at radius 3 is 1.42 bits per heavy atom. The molecule has 0 radical (unpaired) electrons. The number of rotatable bonds is 2. The van der Waals surface area contributed by atoms with Crippen LogP contribution in [0.3, 0.4) is 0 Å². The lowest BCUT2D eigenvalue weighted by Crippen LogP contribution is -1.99. The molecule has 0 spiro atoms. The fourth-order valence-corrected chi connectivity index (χ4v) is 5.30. The standard InChI is InChI=1S/C33H6F3N9/c34-27-5-24(28(35)1-15(27)6-37)33-26(13-44)20-3-19-21(4-22(20)31(33)17(9-40)10-41)30(16(7-38)8-39)32(25(19)12-43)23-2-18(11-42)45-14-29(23)36/h1-5,14H. The number of allylic oxidation sites excluding steroid dienone is 8. The second-order valence-corrected chi connectivity index (χ2v) is 9.20. The lowest BCUT2D eigenvalue weighted by atomic mass is 9.89. The highest BCUT2D eigenvalue weighted by Crippen LogP contribution is 2.54. The summed E-state index contributed by atoms with van der Waals surface area (Å²) in [6.45, 7) is 0. The van der Waals surface area contributed by atoms with E-state index in [4.69, 9.17) is 5.26 Å². The third kappa shape index (κ3) is 4.15. The summed E-state index contributed by atoms with van der Waals surface area (Å²) in [5.74, 6) is -3.26. The van der Waals surface area contributed by atoms with Crippen molar-refractivity contribution in [1.29, 1.82) is 42.1 Å². The smallest absolute Gasteiger partial charge is 0.149 e. The van der Waals surface area contributed by atoms with E-state index in [0.29, 0.717) is 12.1 Å². The molecule has 0 saturated carbocycles. The van der Waals surface area contributed by atoms with Gasteiger partial charge in [-0.25, -0.2) is 18.2 Å². The van der Waals surface area contributed by atoms with Crippen LogP contribution in [-0.2, 0) is 0 Å². The predicted octanol–water partition coefficient (Wildman–Crippen LogP) is 5.74. The predicted molar refractivity (Wildman–Crippen MR) is 148 cm³/mol. The van der Waals surface area contributed by atoms with E-state index in [1.54, 1.807) is 30.3 Å². The first-order valence-corrected chi connectivity index (χ1v) is 12.3. The fourth-order valence-electron chi connectivity index (χ4n) is 5.30. The van der Waals surface area contributed by atoms with Crippen LogP contribution >= 0.6 is 0 Å². The molecule has 0 amide bonds. The Balaban J connectivity index is 1.97. The van der Waals surface area contributed by atoms with E-state index in [-0.39, 0.29) is 66.9 Å². The van der Waals surface area contributed by atoms with Gasteiger partial charge in [-0.3, -0.25) is 0 Å². The zero-order chi connectivity index (χ0) is 32.6. The van der Waals surface area contributed by atoms with Crippen LogP contribution in [-0.4, -0.2) is 4.98 Å². The van der Waals surface area contributed by atoms with Gasteiger partial charge in [0.2, 0.25) is 0 Å². The Morgan fingerprint density at radius 2 is 0.978 bits per heavy atom. The summed E-state index contributed by atoms with van der Waals surface area (Å²) in [5.41, 5.74) is -4.64. The Morgan fingerprint density at radius 1 is 0.489 bits per heavy atom. The molecule has 5 rings (SSSR count). The maximum Gasteiger partial charge on any atom is 0.149 e. The van der Waals surface area contributed by atoms with Crippen molar-refractivity contribution in [1.82, 2.24) is 4.98 Å². The SMILES string of the molecule is N#CC(C#N)=C1C(c2cc(C#N)ncc2F)=C(C#N)c2cc3c(cc21)C(=C(C#N)C#N)C(c1cc(F)c(C#N)cc1F)=C3C#N. The van der Waals surface area contributed by atoms with Gasteiger partial charge in [0.05, 0.1) is 22.9 Å². The van der Waals surface area contributed by atoms with E-state index in [0.717, 1.165) is 12.3 Å². The molecule has 204 valence electrons. The van der Waals surface area contributed by atoms with Gasteiger partial charge in [-0.2, -0.15) is 42.1 Å². The number of aromatic nitrogens is 1. The lowest BCUT2D eigenvalue weighted by Gasteiger charge is -2.12. The van der Waals surface area contributed by atoms with Crippen LogP contribution in [0.1, 0.15) is 44.6 Å². The minimum absolute atomic E-state index is 0.00845. The number of benzene rings is 2. The van der Waals surface area contributed by atoms with Gasteiger partial charge in [0.1, 0.15) is 82.8 Å². The van der Waals surface area contributed by atoms with Crippen LogP contribution < -0.4 is 0 Å². The van der Waals surface area contributed by atoms with Crippen LogP contribution in [0.5, 0.6) is 0 Å². The van der Waals surface area contributed by atoms with Gasteiger partial charge >= 0.3 is 0 Å². The maximum atomic E-state index is 15.4. The van der Waals surface area contributed by atoms with Crippen molar-refractivity contribution in [3.8, 4) is 48.6 Å². The van der Waals surface area contributed by atoms with E-state index in [2.05, 4.69) is 4.98 Å². The summed E-state index contributed by atoms with van der Waals surface area (Å²) in [6.07, 6.45) is 0.732. The second kappa shape index (κ2) is 10.9. The molecule has 1 heterocycles. The van der Waals surface area contributed by atoms with Crippen molar-refractivity contribution in [3.05, 3.63) is 110 Å². The highest BCUT2D eigenvalue weighted by atomic mass is 19.1. The molecule has 0 N–H and O–H groups in total. The van der Waals surface area contributed by atoms with Crippen molar-refractivity contribution in [2.75, 3.05) is 0 Å². The number of hydrogen-bond acceptors (Lipinski definition) is 9.